The molecule has 2 aliphatic heterocycles. The molecule has 0 radical (unpaired) electrons. The summed E-state index contributed by atoms with van der Waals surface area (Å²) >= 11 is 1.76. The third-order valence-corrected chi connectivity index (χ3v) is 9.36. The van der Waals surface area contributed by atoms with E-state index in [-0.39, 0.29) is 37.2 Å². The standard InChI is InChI=1S/C29H28F2N2O3S/c1-17-20-10-11-23(34)27(35)25(20)28(36)33(19-12-13-29(30,31)14-19)16-32(17)26-21-7-3-2-6-18(21)15-37-24-9-5-4-8-22(24)26/h2-11,17,19-20,26,35H,12-16H2,1H3/t17?,19-,20-,26+/m1/s1. The highest BCUT2D eigenvalue weighted by molar-refractivity contribution is 7.98. The molecule has 5 nitrogen and oxygen atoms in total. The molecule has 1 unspecified atom stereocenters. The molecule has 2 aromatic rings. The van der Waals surface area contributed by atoms with Gasteiger partial charge < -0.3 is 10.0 Å². The van der Waals surface area contributed by atoms with E-state index in [1.165, 1.54) is 16.5 Å². The summed E-state index contributed by atoms with van der Waals surface area (Å²) in [7, 11) is 0. The molecular weight excluding hydrogens is 494 g/mol. The highest BCUT2D eigenvalue weighted by atomic mass is 32.2. The molecule has 1 amide bonds. The summed E-state index contributed by atoms with van der Waals surface area (Å²) in [6, 6.07) is 15.2. The second-order valence-electron chi connectivity index (χ2n) is 10.4. The predicted molar refractivity (Wildman–Crippen MR) is 137 cm³/mol. The molecule has 2 fully saturated rings. The van der Waals surface area contributed by atoms with Crippen LogP contribution in [0.4, 0.5) is 8.78 Å². The van der Waals surface area contributed by atoms with Crippen LogP contribution < -0.4 is 0 Å². The topological polar surface area (TPSA) is 60.9 Å². The van der Waals surface area contributed by atoms with Crippen LogP contribution in [0.15, 0.2) is 76.9 Å². The number of carbonyl (C=O) groups is 2. The molecule has 0 aromatic heterocycles. The van der Waals surface area contributed by atoms with Crippen LogP contribution >= 0.6 is 11.8 Å². The average molecular weight is 523 g/mol. The molecule has 1 N–H and O–H groups in total. The van der Waals surface area contributed by atoms with Crippen LogP contribution in [-0.4, -0.2) is 51.3 Å². The summed E-state index contributed by atoms with van der Waals surface area (Å²) in [6.07, 6.45) is 2.48. The maximum absolute atomic E-state index is 14.3. The number of aliphatic hydroxyl groups excluding tert-OH is 1. The number of hydrogen-bond donors (Lipinski definition) is 1. The molecule has 37 heavy (non-hydrogen) atoms. The van der Waals surface area contributed by atoms with E-state index in [9.17, 15) is 23.5 Å². The van der Waals surface area contributed by atoms with Crippen LogP contribution in [0.1, 0.15) is 48.9 Å². The van der Waals surface area contributed by atoms with Gasteiger partial charge in [0.1, 0.15) is 0 Å². The third kappa shape index (κ3) is 4.10. The van der Waals surface area contributed by atoms with Gasteiger partial charge in [0, 0.05) is 41.5 Å². The number of allylic oxidation sites excluding steroid dienone is 1. The number of fused-ring (bicyclic) bond motifs is 3. The van der Waals surface area contributed by atoms with Crippen molar-refractivity contribution < 1.29 is 23.5 Å². The Kier molecular flexibility index (Phi) is 5.99. The van der Waals surface area contributed by atoms with Gasteiger partial charge in [-0.2, -0.15) is 0 Å². The van der Waals surface area contributed by atoms with E-state index in [4.69, 9.17) is 0 Å². The number of halogens is 2. The molecule has 1 saturated carbocycles. The van der Waals surface area contributed by atoms with Crippen molar-refractivity contribution in [3.05, 3.63) is 88.7 Å². The number of benzene rings is 2. The van der Waals surface area contributed by atoms with Gasteiger partial charge in [0.25, 0.3) is 5.91 Å². The molecule has 2 aromatic carbocycles. The molecular formula is C29H28F2N2O3S. The Morgan fingerprint density at radius 2 is 1.78 bits per heavy atom. The van der Waals surface area contributed by atoms with Gasteiger partial charge >= 0.3 is 0 Å². The SMILES string of the molecule is CC1[C@H]2C=CC(=O)C(O)=C2C(=O)N([C@@H]2CCC(F)(F)C2)CN1[C@H]1c2ccccc2CSc2ccccc21. The number of amides is 1. The fraction of sp³-hybridized carbons (Fsp3) is 0.379. The minimum absolute atomic E-state index is 0.0160. The van der Waals surface area contributed by atoms with E-state index >= 15 is 0 Å². The first kappa shape index (κ1) is 24.4. The van der Waals surface area contributed by atoms with Gasteiger partial charge in [-0.25, -0.2) is 8.78 Å². The summed E-state index contributed by atoms with van der Waals surface area (Å²) in [5.74, 6) is -4.32. The van der Waals surface area contributed by atoms with Crippen molar-refractivity contribution in [3.63, 3.8) is 0 Å². The van der Waals surface area contributed by atoms with Crippen molar-refractivity contribution in [2.45, 2.75) is 60.9 Å². The lowest BCUT2D eigenvalue weighted by atomic mass is 9.84. The first-order valence-corrected chi connectivity index (χ1v) is 13.6. The number of rotatable bonds is 2. The first-order chi connectivity index (χ1) is 17.7. The molecule has 6 rings (SSSR count). The Hall–Kier alpha value is -2.97. The molecule has 4 atom stereocenters. The zero-order valence-electron chi connectivity index (χ0n) is 20.4. The first-order valence-electron chi connectivity index (χ1n) is 12.6. The van der Waals surface area contributed by atoms with Crippen LogP contribution in [0, 0.1) is 5.92 Å². The second kappa shape index (κ2) is 9.10. The Bertz CT molecular complexity index is 1290. The van der Waals surface area contributed by atoms with Gasteiger partial charge in [-0.1, -0.05) is 48.5 Å². The van der Waals surface area contributed by atoms with Crippen molar-refractivity contribution >= 4 is 23.5 Å². The quantitative estimate of drug-likeness (QED) is 0.554. The minimum Gasteiger partial charge on any atom is -0.504 e. The molecule has 2 heterocycles. The minimum atomic E-state index is -2.84. The molecule has 2 aliphatic carbocycles. The zero-order chi connectivity index (χ0) is 25.9. The van der Waals surface area contributed by atoms with Gasteiger partial charge in [-0.3, -0.25) is 14.5 Å². The van der Waals surface area contributed by atoms with Gasteiger partial charge in [0.05, 0.1) is 18.3 Å². The predicted octanol–water partition coefficient (Wildman–Crippen LogP) is 5.63. The van der Waals surface area contributed by atoms with Crippen LogP contribution in [0.25, 0.3) is 0 Å². The van der Waals surface area contributed by atoms with E-state index in [1.54, 1.807) is 17.8 Å². The summed E-state index contributed by atoms with van der Waals surface area (Å²) in [4.78, 5) is 31.1. The van der Waals surface area contributed by atoms with E-state index in [2.05, 4.69) is 29.2 Å². The van der Waals surface area contributed by atoms with Gasteiger partial charge in [-0.15, -0.1) is 11.8 Å². The Morgan fingerprint density at radius 1 is 1.05 bits per heavy atom. The lowest BCUT2D eigenvalue weighted by Gasteiger charge is -2.41. The van der Waals surface area contributed by atoms with E-state index < -0.39 is 41.8 Å². The molecule has 8 heteroatoms. The van der Waals surface area contributed by atoms with Gasteiger partial charge in [-0.05, 0) is 42.2 Å². The lowest BCUT2D eigenvalue weighted by molar-refractivity contribution is -0.132. The normalized spacial score (nSPS) is 29.4. The van der Waals surface area contributed by atoms with Crippen LogP contribution in [-0.2, 0) is 15.3 Å². The van der Waals surface area contributed by atoms with E-state index in [0.29, 0.717) is 0 Å². The Balaban J connectivity index is 1.53. The number of hydrogen-bond acceptors (Lipinski definition) is 5. The largest absolute Gasteiger partial charge is 0.504 e. The fourth-order valence-corrected chi connectivity index (χ4v) is 7.37. The van der Waals surface area contributed by atoms with E-state index in [0.717, 1.165) is 21.8 Å². The number of ketones is 1. The van der Waals surface area contributed by atoms with E-state index in [1.807, 2.05) is 31.2 Å². The summed E-state index contributed by atoms with van der Waals surface area (Å²) in [6.45, 7) is 2.11. The van der Waals surface area contributed by atoms with Gasteiger partial charge in [0.2, 0.25) is 11.7 Å². The Labute approximate surface area is 218 Å². The maximum Gasteiger partial charge on any atom is 0.255 e. The molecule has 4 aliphatic rings. The number of thioether (sulfide) groups is 1. The van der Waals surface area contributed by atoms with Crippen molar-refractivity contribution in [2.24, 2.45) is 5.92 Å². The third-order valence-electron chi connectivity index (χ3n) is 8.22. The van der Waals surface area contributed by atoms with Crippen molar-refractivity contribution in [2.75, 3.05) is 6.67 Å². The molecule has 1 saturated heterocycles. The van der Waals surface area contributed by atoms with Crippen LogP contribution in [0.3, 0.4) is 0 Å². The highest BCUT2D eigenvalue weighted by Gasteiger charge is 2.49. The van der Waals surface area contributed by atoms with Crippen molar-refractivity contribution in [1.82, 2.24) is 9.80 Å². The van der Waals surface area contributed by atoms with Crippen LogP contribution in [0.5, 0.6) is 0 Å². The fourth-order valence-electron chi connectivity index (χ4n) is 6.27. The highest BCUT2D eigenvalue weighted by Crippen LogP contribution is 2.47. The average Bonchev–Trinajstić information content (AvgIpc) is 3.10. The van der Waals surface area contributed by atoms with Crippen LogP contribution in [0.2, 0.25) is 0 Å². The maximum atomic E-state index is 14.3. The Morgan fingerprint density at radius 3 is 2.54 bits per heavy atom. The molecule has 0 spiro atoms. The zero-order valence-corrected chi connectivity index (χ0v) is 21.3. The number of carbonyl (C=O) groups excluding carboxylic acids is 2. The number of alkyl halides is 2. The second-order valence-corrected chi connectivity index (χ2v) is 11.4. The summed E-state index contributed by atoms with van der Waals surface area (Å²) < 4.78 is 28.7. The summed E-state index contributed by atoms with van der Waals surface area (Å²) in [5, 5.41) is 10.8. The van der Waals surface area contributed by atoms with Crippen molar-refractivity contribution in [3.8, 4) is 0 Å². The van der Waals surface area contributed by atoms with Crippen molar-refractivity contribution in [1.29, 1.82) is 0 Å². The smallest absolute Gasteiger partial charge is 0.255 e. The lowest BCUT2D eigenvalue weighted by Crippen LogP contribution is -2.48. The molecule has 0 bridgehead atoms. The number of aliphatic hydroxyl groups is 1. The number of nitrogens with zero attached hydrogens (tertiary/aromatic N) is 2. The van der Waals surface area contributed by atoms with Gasteiger partial charge in [0.15, 0.2) is 5.76 Å². The monoisotopic (exact) mass is 522 g/mol. The molecule has 192 valence electrons. The summed E-state index contributed by atoms with van der Waals surface area (Å²) in [5.41, 5.74) is 3.41.